The first-order valence-corrected chi connectivity index (χ1v) is 5.32. The summed E-state index contributed by atoms with van der Waals surface area (Å²) in [5.74, 6) is -0.576. The number of hydrogen-bond donors (Lipinski definition) is 0. The van der Waals surface area contributed by atoms with Gasteiger partial charge < -0.3 is 9.74 Å². The second-order valence-electron chi connectivity index (χ2n) is 3.27. The van der Waals surface area contributed by atoms with Crippen molar-refractivity contribution in [2.45, 2.75) is 4.83 Å². The van der Waals surface area contributed by atoms with Crippen LogP contribution >= 0.6 is 15.9 Å². The second kappa shape index (κ2) is 3.68. The van der Waals surface area contributed by atoms with Gasteiger partial charge in [-0.25, -0.2) is 0 Å². The third-order valence-corrected chi connectivity index (χ3v) is 3.15. The quantitative estimate of drug-likeness (QED) is 0.411. The number of carbonyl (C=O) groups excluding carboxylic acids is 2. The molecule has 0 radical (unpaired) electrons. The normalized spacial score (nSPS) is 19.3. The summed E-state index contributed by atoms with van der Waals surface area (Å²) < 4.78 is 0. The first-order chi connectivity index (χ1) is 7.56. The fourth-order valence-corrected chi connectivity index (χ4v) is 2.00. The lowest BCUT2D eigenvalue weighted by Crippen LogP contribution is -2.43. The number of amides is 1. The zero-order valence-corrected chi connectivity index (χ0v) is 9.85. The average molecular weight is 280 g/mol. The van der Waals surface area contributed by atoms with Crippen molar-refractivity contribution in [3.05, 3.63) is 29.2 Å². The van der Waals surface area contributed by atoms with E-state index in [0.717, 1.165) is 0 Å². The highest BCUT2D eigenvalue weighted by atomic mass is 79.9. The van der Waals surface area contributed by atoms with Crippen LogP contribution in [0.5, 0.6) is 0 Å². The van der Waals surface area contributed by atoms with Gasteiger partial charge in [-0.2, -0.15) is 0 Å². The van der Waals surface area contributed by atoms with Crippen LogP contribution in [0.25, 0.3) is 4.85 Å². The summed E-state index contributed by atoms with van der Waals surface area (Å²) in [7, 11) is 1.57. The van der Waals surface area contributed by atoms with Gasteiger partial charge >= 0.3 is 0 Å². The summed E-state index contributed by atoms with van der Waals surface area (Å²) in [6.45, 7) is 6.83. The Bertz CT molecular complexity index is 535. The number of halogens is 1. The van der Waals surface area contributed by atoms with Crippen LogP contribution in [0.1, 0.15) is 10.5 Å². The Morgan fingerprint density at radius 3 is 2.81 bits per heavy atom. The van der Waals surface area contributed by atoms with Gasteiger partial charge in [-0.15, -0.1) is 4.98 Å². The minimum Gasteiger partial charge on any atom is -0.361 e. The number of Topliss-reactive ketones (excluding diaryl/α,β-unsaturated/α-hetero) is 1. The predicted octanol–water partition coefficient (Wildman–Crippen LogP) is 1.55. The standard InChI is InChI=1S/C10H6BrN3O2/c1-12-6-4-3-5-8(13-6)9(15)7(11)10(16)14(5)2/h3-4,7H,2H3. The minimum absolute atomic E-state index is 0.148. The van der Waals surface area contributed by atoms with E-state index in [0.29, 0.717) is 5.69 Å². The van der Waals surface area contributed by atoms with Gasteiger partial charge in [-0.1, -0.05) is 22.5 Å². The van der Waals surface area contributed by atoms with Gasteiger partial charge in [0.05, 0.1) is 5.69 Å². The van der Waals surface area contributed by atoms with Crippen LogP contribution in [0.15, 0.2) is 12.1 Å². The van der Waals surface area contributed by atoms with Gasteiger partial charge in [-0.3, -0.25) is 9.59 Å². The predicted molar refractivity (Wildman–Crippen MR) is 61.0 cm³/mol. The molecular weight excluding hydrogens is 274 g/mol. The maximum absolute atomic E-state index is 11.8. The highest BCUT2D eigenvalue weighted by Gasteiger charge is 2.39. The third-order valence-electron chi connectivity index (χ3n) is 2.35. The van der Waals surface area contributed by atoms with E-state index in [-0.39, 0.29) is 17.4 Å². The molecule has 1 aliphatic heterocycles. The molecular formula is C10H6BrN3O2. The molecule has 0 saturated heterocycles. The Labute approximate surface area is 100 Å². The molecule has 1 amide bonds. The SMILES string of the molecule is [C-]#[N+]c1ccc2c(n1)C(=O)C(Br)C(=O)N2C. The summed E-state index contributed by atoms with van der Waals surface area (Å²) in [4.78, 5) is 30.9. The van der Waals surface area contributed by atoms with Crippen molar-refractivity contribution < 1.29 is 9.59 Å². The highest BCUT2D eigenvalue weighted by molar-refractivity contribution is 9.10. The van der Waals surface area contributed by atoms with Gasteiger partial charge in [0.2, 0.25) is 17.4 Å². The number of rotatable bonds is 0. The lowest BCUT2D eigenvalue weighted by atomic mass is 10.1. The molecule has 1 aromatic rings. The van der Waals surface area contributed by atoms with Crippen LogP contribution in [-0.2, 0) is 4.79 Å². The molecule has 5 nitrogen and oxygen atoms in total. The molecule has 16 heavy (non-hydrogen) atoms. The molecule has 1 unspecified atom stereocenters. The van der Waals surface area contributed by atoms with E-state index in [1.807, 2.05) is 0 Å². The molecule has 0 aliphatic carbocycles. The van der Waals surface area contributed by atoms with Crippen LogP contribution in [0.2, 0.25) is 0 Å². The summed E-state index contributed by atoms with van der Waals surface area (Å²) in [6, 6.07) is 3.04. The third kappa shape index (κ3) is 1.41. The van der Waals surface area contributed by atoms with Crippen LogP contribution < -0.4 is 4.90 Å². The van der Waals surface area contributed by atoms with E-state index in [2.05, 4.69) is 25.8 Å². The maximum Gasteiger partial charge on any atom is 0.270 e. The monoisotopic (exact) mass is 279 g/mol. The summed E-state index contributed by atoms with van der Waals surface area (Å²) in [6.07, 6.45) is 0. The van der Waals surface area contributed by atoms with E-state index in [9.17, 15) is 9.59 Å². The molecule has 2 heterocycles. The van der Waals surface area contributed by atoms with Crippen LogP contribution in [-0.4, -0.2) is 28.5 Å². The van der Waals surface area contributed by atoms with Crippen LogP contribution in [0.3, 0.4) is 0 Å². The van der Waals surface area contributed by atoms with Crippen LogP contribution in [0.4, 0.5) is 11.5 Å². The smallest absolute Gasteiger partial charge is 0.270 e. The molecule has 0 bridgehead atoms. The van der Waals surface area contributed by atoms with Crippen molar-refractivity contribution >= 4 is 39.1 Å². The number of ketones is 1. The number of nitrogens with zero attached hydrogens (tertiary/aromatic N) is 3. The van der Waals surface area contributed by atoms with E-state index in [1.54, 1.807) is 13.1 Å². The number of pyridine rings is 1. The number of fused-ring (bicyclic) bond motifs is 1. The highest BCUT2D eigenvalue weighted by Crippen LogP contribution is 2.29. The van der Waals surface area contributed by atoms with Crippen molar-refractivity contribution in [3.8, 4) is 0 Å². The molecule has 0 aromatic carbocycles. The van der Waals surface area contributed by atoms with Gasteiger partial charge in [0.1, 0.15) is 0 Å². The molecule has 0 N–H and O–H groups in total. The van der Waals surface area contributed by atoms with Gasteiger partial charge in [-0.05, 0) is 12.1 Å². The van der Waals surface area contributed by atoms with Gasteiger partial charge in [0.25, 0.3) is 5.82 Å². The Morgan fingerprint density at radius 2 is 2.19 bits per heavy atom. The molecule has 0 spiro atoms. The van der Waals surface area contributed by atoms with Crippen molar-refractivity contribution in [2.24, 2.45) is 0 Å². The van der Waals surface area contributed by atoms with E-state index < -0.39 is 10.6 Å². The molecule has 0 saturated carbocycles. The van der Waals surface area contributed by atoms with E-state index in [1.165, 1.54) is 11.0 Å². The first-order valence-electron chi connectivity index (χ1n) is 4.40. The number of carbonyl (C=O) groups is 2. The zero-order chi connectivity index (χ0) is 11.9. The first kappa shape index (κ1) is 10.8. The number of hydrogen-bond acceptors (Lipinski definition) is 3. The molecule has 6 heteroatoms. The number of alkyl halides is 1. The van der Waals surface area contributed by atoms with E-state index in [4.69, 9.17) is 6.57 Å². The Morgan fingerprint density at radius 1 is 1.50 bits per heavy atom. The molecule has 1 aromatic heterocycles. The van der Waals surface area contributed by atoms with Crippen molar-refractivity contribution in [1.29, 1.82) is 0 Å². The summed E-state index contributed by atoms with van der Waals surface area (Å²) >= 11 is 3.02. The molecule has 1 atom stereocenters. The van der Waals surface area contributed by atoms with Gasteiger partial charge in [0, 0.05) is 7.05 Å². The van der Waals surface area contributed by atoms with Crippen LogP contribution in [0, 0.1) is 6.57 Å². The fraction of sp³-hybridized carbons (Fsp3) is 0.200. The van der Waals surface area contributed by atoms with Crippen molar-refractivity contribution in [1.82, 2.24) is 4.98 Å². The average Bonchev–Trinajstić information content (AvgIpc) is 2.33. The number of aromatic nitrogens is 1. The largest absolute Gasteiger partial charge is 0.361 e. The molecule has 0 fully saturated rings. The van der Waals surface area contributed by atoms with E-state index >= 15 is 0 Å². The number of anilines is 1. The molecule has 80 valence electrons. The second-order valence-corrected chi connectivity index (χ2v) is 4.19. The lowest BCUT2D eigenvalue weighted by Gasteiger charge is -2.25. The van der Waals surface area contributed by atoms with Crippen molar-refractivity contribution in [3.63, 3.8) is 0 Å². The van der Waals surface area contributed by atoms with Crippen molar-refractivity contribution in [2.75, 3.05) is 11.9 Å². The summed E-state index contributed by atoms with van der Waals surface area (Å²) in [5, 5.41) is 0. The Kier molecular flexibility index (Phi) is 2.48. The molecule has 2 rings (SSSR count). The molecule has 1 aliphatic rings. The Balaban J connectivity index is 2.65. The maximum atomic E-state index is 11.8. The fourth-order valence-electron chi connectivity index (χ4n) is 1.48. The summed E-state index contributed by atoms with van der Waals surface area (Å²) in [5.41, 5.74) is 0.607. The minimum atomic E-state index is -0.904. The Hall–Kier alpha value is -1.74. The lowest BCUT2D eigenvalue weighted by molar-refractivity contribution is -0.117. The topological polar surface area (TPSA) is 54.6 Å². The zero-order valence-electron chi connectivity index (χ0n) is 8.27. The van der Waals surface area contributed by atoms with Gasteiger partial charge in [0.15, 0.2) is 4.83 Å².